The van der Waals surface area contributed by atoms with Gasteiger partial charge in [-0.15, -0.1) is 0 Å². The van der Waals surface area contributed by atoms with E-state index in [1.807, 2.05) is 25.1 Å². The van der Waals surface area contributed by atoms with Gasteiger partial charge in [-0.3, -0.25) is 24.6 Å². The van der Waals surface area contributed by atoms with Crippen LogP contribution >= 0.6 is 11.3 Å². The van der Waals surface area contributed by atoms with Gasteiger partial charge in [0.15, 0.2) is 10.9 Å². The van der Waals surface area contributed by atoms with Gasteiger partial charge in [0.25, 0.3) is 5.91 Å². The number of carbonyl (C=O) groups is 3. The van der Waals surface area contributed by atoms with Crippen LogP contribution in [0.25, 0.3) is 0 Å². The average molecular weight is 497 g/mol. The number of benzene rings is 1. The van der Waals surface area contributed by atoms with E-state index in [9.17, 15) is 14.4 Å². The zero-order valence-electron chi connectivity index (χ0n) is 20.1. The maximum absolute atomic E-state index is 13.1. The van der Waals surface area contributed by atoms with Crippen LogP contribution < -0.4 is 10.6 Å². The largest absolute Gasteiger partial charge is 0.379 e. The number of anilines is 1. The quantitative estimate of drug-likeness (QED) is 0.637. The Labute approximate surface area is 209 Å². The maximum Gasteiger partial charge on any atom is 0.257 e. The van der Waals surface area contributed by atoms with Crippen molar-refractivity contribution in [2.75, 3.05) is 38.2 Å². The van der Waals surface area contributed by atoms with E-state index in [4.69, 9.17) is 4.74 Å². The summed E-state index contributed by atoms with van der Waals surface area (Å²) in [5.74, 6) is -0.849. The summed E-state index contributed by atoms with van der Waals surface area (Å²) in [6, 6.07) is 7.31. The molecule has 0 bridgehead atoms. The normalized spacial score (nSPS) is 22.0. The van der Waals surface area contributed by atoms with Gasteiger partial charge in [0, 0.05) is 43.6 Å². The lowest BCUT2D eigenvalue weighted by Gasteiger charge is -2.43. The Morgan fingerprint density at radius 1 is 1.20 bits per heavy atom. The third kappa shape index (κ3) is 5.17. The first-order chi connectivity index (χ1) is 16.9. The number of aryl methyl sites for hydroxylation is 1. The van der Waals surface area contributed by atoms with Crippen molar-refractivity contribution >= 4 is 34.1 Å². The van der Waals surface area contributed by atoms with E-state index in [1.54, 1.807) is 6.07 Å². The number of nitrogens with one attached hydrogen (secondary N) is 2. The number of thiazole rings is 1. The van der Waals surface area contributed by atoms with E-state index in [-0.39, 0.29) is 29.6 Å². The highest BCUT2D eigenvalue weighted by Crippen LogP contribution is 2.36. The molecule has 2 amide bonds. The summed E-state index contributed by atoms with van der Waals surface area (Å²) >= 11 is 1.19. The average Bonchev–Trinajstić information content (AvgIpc) is 3.51. The number of nitrogens with zero attached hydrogens (tertiary/aromatic N) is 2. The van der Waals surface area contributed by atoms with Crippen LogP contribution in [0.15, 0.2) is 24.3 Å². The number of ketones is 1. The minimum absolute atomic E-state index is 0.00283. The monoisotopic (exact) mass is 496 g/mol. The van der Waals surface area contributed by atoms with Crippen LogP contribution in [-0.4, -0.2) is 65.9 Å². The lowest BCUT2D eigenvalue weighted by Crippen LogP contribution is -2.58. The van der Waals surface area contributed by atoms with Crippen molar-refractivity contribution in [3.8, 4) is 0 Å². The first kappa shape index (κ1) is 24.1. The minimum atomic E-state index is -0.430. The minimum Gasteiger partial charge on any atom is -0.379 e. The van der Waals surface area contributed by atoms with Crippen molar-refractivity contribution in [2.45, 2.75) is 51.0 Å². The van der Waals surface area contributed by atoms with Gasteiger partial charge < -0.3 is 10.1 Å². The van der Waals surface area contributed by atoms with Crippen LogP contribution in [0.3, 0.4) is 0 Å². The molecule has 5 rings (SSSR count). The molecule has 0 unspecified atom stereocenters. The highest BCUT2D eigenvalue weighted by Gasteiger charge is 2.41. The Kier molecular flexibility index (Phi) is 7.00. The second-order valence-corrected chi connectivity index (χ2v) is 10.9. The Morgan fingerprint density at radius 2 is 1.97 bits per heavy atom. The molecule has 1 atom stereocenters. The topological polar surface area (TPSA) is 101 Å². The molecule has 2 aliphatic carbocycles. The molecule has 35 heavy (non-hydrogen) atoms. The molecule has 0 radical (unpaired) electrons. The highest BCUT2D eigenvalue weighted by molar-refractivity contribution is 7.17. The smallest absolute Gasteiger partial charge is 0.257 e. The zero-order chi connectivity index (χ0) is 24.4. The van der Waals surface area contributed by atoms with Crippen molar-refractivity contribution in [2.24, 2.45) is 5.92 Å². The molecule has 1 saturated carbocycles. The molecule has 1 aromatic carbocycles. The highest BCUT2D eigenvalue weighted by atomic mass is 32.1. The van der Waals surface area contributed by atoms with Crippen LogP contribution in [0, 0.1) is 12.8 Å². The predicted octanol–water partition coefficient (Wildman–Crippen LogP) is 3.21. The van der Waals surface area contributed by atoms with Crippen molar-refractivity contribution < 1.29 is 19.1 Å². The van der Waals surface area contributed by atoms with Gasteiger partial charge in [0.1, 0.15) is 0 Å². The van der Waals surface area contributed by atoms with Crippen molar-refractivity contribution in [3.05, 3.63) is 46.0 Å². The molecule has 3 aliphatic rings. The van der Waals surface area contributed by atoms with Gasteiger partial charge in [0.2, 0.25) is 5.91 Å². The number of hydrogen-bond donors (Lipinski definition) is 2. The first-order valence-corrected chi connectivity index (χ1v) is 13.3. The molecule has 8 nitrogen and oxygen atoms in total. The van der Waals surface area contributed by atoms with Gasteiger partial charge in [-0.05, 0) is 31.9 Å². The van der Waals surface area contributed by atoms with E-state index in [0.29, 0.717) is 34.2 Å². The number of amides is 2. The zero-order valence-corrected chi connectivity index (χ0v) is 20.9. The third-order valence-electron chi connectivity index (χ3n) is 7.50. The molecule has 2 N–H and O–H groups in total. The standard InChI is InChI=1S/C26H32N4O4S/c1-17-5-4-6-18(13-17)24(33)29-25-28-20-14-19(15-21(31)22(20)35-25)23(32)27-16-26(7-2-3-8-26)30-9-11-34-12-10-30/h4-6,13,19H,2-3,7-12,14-16H2,1H3,(H,27,32)(H,28,29,33)/t19-/m1/s1. The summed E-state index contributed by atoms with van der Waals surface area (Å²) in [4.78, 5) is 46.1. The van der Waals surface area contributed by atoms with Gasteiger partial charge in [-0.25, -0.2) is 4.98 Å². The number of rotatable bonds is 6. The van der Waals surface area contributed by atoms with E-state index in [2.05, 4.69) is 20.5 Å². The fourth-order valence-corrected chi connectivity index (χ4v) is 6.53. The van der Waals surface area contributed by atoms with Crippen molar-refractivity contribution in [3.63, 3.8) is 0 Å². The summed E-state index contributed by atoms with van der Waals surface area (Å²) < 4.78 is 5.53. The number of Topliss-reactive ketones (excluding diaryl/α,β-unsaturated/α-hetero) is 1. The van der Waals surface area contributed by atoms with Gasteiger partial charge in [0.05, 0.1) is 29.7 Å². The molecule has 9 heteroatoms. The second kappa shape index (κ2) is 10.2. The van der Waals surface area contributed by atoms with Crippen molar-refractivity contribution in [1.29, 1.82) is 0 Å². The number of ether oxygens (including phenoxy) is 1. The Hall–Kier alpha value is -2.62. The molecule has 2 heterocycles. The lowest BCUT2D eigenvalue weighted by molar-refractivity contribution is -0.126. The number of hydrogen-bond acceptors (Lipinski definition) is 7. The fourth-order valence-electron chi connectivity index (χ4n) is 5.60. The summed E-state index contributed by atoms with van der Waals surface area (Å²) in [5.41, 5.74) is 2.14. The summed E-state index contributed by atoms with van der Waals surface area (Å²) in [6.45, 7) is 5.81. The summed E-state index contributed by atoms with van der Waals surface area (Å²) in [6.07, 6.45) is 5.10. The van der Waals surface area contributed by atoms with Crippen LogP contribution in [0.4, 0.5) is 5.13 Å². The van der Waals surface area contributed by atoms with Gasteiger partial charge in [-0.2, -0.15) is 0 Å². The SMILES string of the molecule is Cc1cccc(C(=O)Nc2nc3c(s2)C(=O)C[C@H](C(=O)NCC2(N4CCOCC4)CCCC2)C3)c1. The summed E-state index contributed by atoms with van der Waals surface area (Å²) in [5, 5.41) is 6.39. The molecule has 1 aromatic heterocycles. The molecule has 2 aromatic rings. The molecular formula is C26H32N4O4S. The van der Waals surface area contributed by atoms with E-state index < -0.39 is 5.92 Å². The Morgan fingerprint density at radius 3 is 2.71 bits per heavy atom. The summed E-state index contributed by atoms with van der Waals surface area (Å²) in [7, 11) is 0. The van der Waals surface area contributed by atoms with Crippen LogP contribution in [0.2, 0.25) is 0 Å². The second-order valence-electron chi connectivity index (χ2n) is 9.90. The molecule has 186 valence electrons. The predicted molar refractivity (Wildman–Crippen MR) is 134 cm³/mol. The van der Waals surface area contributed by atoms with E-state index >= 15 is 0 Å². The van der Waals surface area contributed by atoms with E-state index in [0.717, 1.165) is 44.7 Å². The molecule has 0 spiro atoms. The number of carbonyl (C=O) groups excluding carboxylic acids is 3. The van der Waals surface area contributed by atoms with Crippen LogP contribution in [0.5, 0.6) is 0 Å². The number of fused-ring (bicyclic) bond motifs is 1. The molecule has 1 aliphatic heterocycles. The maximum atomic E-state index is 13.1. The Balaban J connectivity index is 1.22. The fraction of sp³-hybridized carbons (Fsp3) is 0.538. The number of aromatic nitrogens is 1. The van der Waals surface area contributed by atoms with Gasteiger partial charge >= 0.3 is 0 Å². The first-order valence-electron chi connectivity index (χ1n) is 12.4. The molecule has 1 saturated heterocycles. The molecule has 2 fully saturated rings. The van der Waals surface area contributed by atoms with Crippen LogP contribution in [-0.2, 0) is 16.0 Å². The molecular weight excluding hydrogens is 464 g/mol. The lowest BCUT2D eigenvalue weighted by atomic mass is 9.88. The van der Waals surface area contributed by atoms with E-state index in [1.165, 1.54) is 24.2 Å². The van der Waals surface area contributed by atoms with Crippen LogP contribution in [0.1, 0.15) is 63.4 Å². The Bertz CT molecular complexity index is 1120. The van der Waals surface area contributed by atoms with Gasteiger partial charge in [-0.1, -0.05) is 41.9 Å². The third-order valence-corrected chi connectivity index (χ3v) is 8.56. The van der Waals surface area contributed by atoms with Crippen molar-refractivity contribution in [1.82, 2.24) is 15.2 Å². The number of morpholine rings is 1.